The van der Waals surface area contributed by atoms with Crippen LogP contribution in [0.4, 0.5) is 4.39 Å². The molecule has 1 unspecified atom stereocenters. The Bertz CT molecular complexity index is 589. The van der Waals surface area contributed by atoms with Crippen molar-refractivity contribution >= 4 is 5.91 Å². The monoisotopic (exact) mass is 273 g/mol. The largest absolute Gasteiger partial charge is 0.368 e. The third kappa shape index (κ3) is 3.39. The van der Waals surface area contributed by atoms with Gasteiger partial charge in [0.05, 0.1) is 5.69 Å². The van der Waals surface area contributed by atoms with Gasteiger partial charge in [-0.1, -0.05) is 18.2 Å². The van der Waals surface area contributed by atoms with Gasteiger partial charge < -0.3 is 5.73 Å². The number of hydrogen-bond donors (Lipinski definition) is 1. The van der Waals surface area contributed by atoms with Gasteiger partial charge in [0.15, 0.2) is 0 Å². The molecule has 5 heteroatoms. The van der Waals surface area contributed by atoms with Crippen molar-refractivity contribution < 1.29 is 9.18 Å². The third-order valence-electron chi connectivity index (χ3n) is 3.01. The van der Waals surface area contributed by atoms with Crippen molar-refractivity contribution in [3.63, 3.8) is 0 Å². The molecule has 0 radical (unpaired) electrons. The summed E-state index contributed by atoms with van der Waals surface area (Å²) in [5.41, 5.74) is 6.81. The second-order valence-corrected chi connectivity index (χ2v) is 4.60. The molecule has 0 fully saturated rings. The zero-order valence-electron chi connectivity index (χ0n) is 11.2. The Kier molecular flexibility index (Phi) is 4.42. The van der Waals surface area contributed by atoms with Gasteiger partial charge in [0, 0.05) is 12.7 Å². The lowest BCUT2D eigenvalue weighted by Gasteiger charge is -2.25. The van der Waals surface area contributed by atoms with E-state index in [-0.39, 0.29) is 5.82 Å². The van der Waals surface area contributed by atoms with Crippen LogP contribution in [0.3, 0.4) is 0 Å². The van der Waals surface area contributed by atoms with Crippen molar-refractivity contribution in [1.29, 1.82) is 0 Å². The molecule has 4 nitrogen and oxygen atoms in total. The molecular formula is C15H16FN3O. The standard InChI is InChI=1S/C15H16FN3O/c1-19(10-13-7-2-3-8-18-13)14(15(17)20)11-5-4-6-12(16)9-11/h2-9,14H,10H2,1H3,(H2,17,20). The number of rotatable bonds is 5. The minimum Gasteiger partial charge on any atom is -0.368 e. The molecule has 0 bridgehead atoms. The van der Waals surface area contributed by atoms with Crippen LogP contribution in [0, 0.1) is 5.82 Å². The number of carbonyl (C=O) groups is 1. The molecule has 1 amide bonds. The lowest BCUT2D eigenvalue weighted by atomic mass is 10.0. The summed E-state index contributed by atoms with van der Waals surface area (Å²) in [6.07, 6.45) is 1.69. The quantitative estimate of drug-likeness (QED) is 0.905. The van der Waals surface area contributed by atoms with E-state index in [0.29, 0.717) is 12.1 Å². The van der Waals surface area contributed by atoms with Crippen molar-refractivity contribution in [2.45, 2.75) is 12.6 Å². The van der Waals surface area contributed by atoms with E-state index in [1.165, 1.54) is 12.1 Å². The fourth-order valence-corrected chi connectivity index (χ4v) is 2.15. The first kappa shape index (κ1) is 14.1. The van der Waals surface area contributed by atoms with Gasteiger partial charge in [-0.15, -0.1) is 0 Å². The van der Waals surface area contributed by atoms with Gasteiger partial charge >= 0.3 is 0 Å². The van der Waals surface area contributed by atoms with Crippen LogP contribution in [0.1, 0.15) is 17.3 Å². The summed E-state index contributed by atoms with van der Waals surface area (Å²) in [5, 5.41) is 0. The second-order valence-electron chi connectivity index (χ2n) is 4.60. The summed E-state index contributed by atoms with van der Waals surface area (Å²) in [5.74, 6) is -0.908. The first-order chi connectivity index (χ1) is 9.58. The number of halogens is 1. The van der Waals surface area contributed by atoms with Gasteiger partial charge in [-0.05, 0) is 36.9 Å². The fourth-order valence-electron chi connectivity index (χ4n) is 2.15. The zero-order valence-corrected chi connectivity index (χ0v) is 11.2. The van der Waals surface area contributed by atoms with Gasteiger partial charge in [0.2, 0.25) is 5.91 Å². The van der Waals surface area contributed by atoms with Gasteiger partial charge in [-0.25, -0.2) is 4.39 Å². The van der Waals surface area contributed by atoms with Crippen LogP contribution in [0.25, 0.3) is 0 Å². The number of likely N-dealkylation sites (N-methyl/N-ethyl adjacent to an activating group) is 1. The molecule has 0 saturated heterocycles. The molecule has 0 spiro atoms. The number of nitrogens with zero attached hydrogens (tertiary/aromatic N) is 2. The van der Waals surface area contributed by atoms with Crippen LogP contribution in [-0.2, 0) is 11.3 Å². The zero-order chi connectivity index (χ0) is 14.5. The highest BCUT2D eigenvalue weighted by atomic mass is 19.1. The Hall–Kier alpha value is -2.27. The molecule has 0 saturated carbocycles. The van der Waals surface area contributed by atoms with Gasteiger partial charge in [0.25, 0.3) is 0 Å². The number of carbonyl (C=O) groups excluding carboxylic acids is 1. The minimum atomic E-state index is -0.687. The lowest BCUT2D eigenvalue weighted by Crippen LogP contribution is -2.35. The van der Waals surface area contributed by atoms with Gasteiger partial charge in [-0.3, -0.25) is 14.7 Å². The van der Waals surface area contributed by atoms with Crippen molar-refractivity contribution in [2.24, 2.45) is 5.73 Å². The Labute approximate surface area is 117 Å². The molecule has 1 heterocycles. The van der Waals surface area contributed by atoms with Gasteiger partial charge in [-0.2, -0.15) is 0 Å². The van der Waals surface area contributed by atoms with E-state index in [9.17, 15) is 9.18 Å². The predicted molar refractivity (Wildman–Crippen MR) is 74.0 cm³/mol. The summed E-state index contributed by atoms with van der Waals surface area (Å²) in [7, 11) is 1.76. The predicted octanol–water partition coefficient (Wildman–Crippen LogP) is 1.88. The minimum absolute atomic E-state index is 0.389. The van der Waals surface area contributed by atoms with Crippen molar-refractivity contribution in [3.8, 4) is 0 Å². The number of aromatic nitrogens is 1. The normalized spacial score (nSPS) is 12.3. The second kappa shape index (κ2) is 6.25. The number of primary amides is 1. The Morgan fingerprint density at radius 1 is 1.35 bits per heavy atom. The topological polar surface area (TPSA) is 59.2 Å². The van der Waals surface area contributed by atoms with Crippen LogP contribution in [-0.4, -0.2) is 22.8 Å². The van der Waals surface area contributed by atoms with E-state index in [4.69, 9.17) is 5.73 Å². The van der Waals surface area contributed by atoms with Crippen molar-refractivity contribution in [2.75, 3.05) is 7.05 Å². The van der Waals surface area contributed by atoms with E-state index in [0.717, 1.165) is 5.69 Å². The number of amides is 1. The van der Waals surface area contributed by atoms with Crippen LogP contribution in [0.2, 0.25) is 0 Å². The molecule has 104 valence electrons. The molecule has 1 aromatic carbocycles. The molecule has 2 rings (SSSR count). The SMILES string of the molecule is CN(Cc1ccccn1)C(C(N)=O)c1cccc(F)c1. The highest BCUT2D eigenvalue weighted by Gasteiger charge is 2.23. The number of nitrogens with two attached hydrogens (primary N) is 1. The average molecular weight is 273 g/mol. The molecule has 2 aromatic rings. The summed E-state index contributed by atoms with van der Waals surface area (Å²) in [6, 6.07) is 10.8. The first-order valence-electron chi connectivity index (χ1n) is 6.23. The van der Waals surface area contributed by atoms with Crippen LogP contribution >= 0.6 is 0 Å². The van der Waals surface area contributed by atoms with Crippen LogP contribution in [0.5, 0.6) is 0 Å². The average Bonchev–Trinajstić information content (AvgIpc) is 2.39. The molecule has 1 aromatic heterocycles. The fraction of sp³-hybridized carbons (Fsp3) is 0.200. The van der Waals surface area contributed by atoms with Crippen molar-refractivity contribution in [1.82, 2.24) is 9.88 Å². The summed E-state index contributed by atoms with van der Waals surface area (Å²) in [4.78, 5) is 17.6. The number of benzene rings is 1. The Morgan fingerprint density at radius 2 is 2.15 bits per heavy atom. The maximum Gasteiger partial charge on any atom is 0.239 e. The van der Waals surface area contributed by atoms with Crippen LogP contribution < -0.4 is 5.73 Å². The number of hydrogen-bond acceptors (Lipinski definition) is 3. The molecule has 0 aliphatic heterocycles. The summed E-state index contributed by atoms with van der Waals surface area (Å²) < 4.78 is 13.3. The highest BCUT2D eigenvalue weighted by Crippen LogP contribution is 2.21. The maximum atomic E-state index is 13.3. The smallest absolute Gasteiger partial charge is 0.239 e. The lowest BCUT2D eigenvalue weighted by molar-refractivity contribution is -0.123. The van der Waals surface area contributed by atoms with Gasteiger partial charge in [0.1, 0.15) is 11.9 Å². The van der Waals surface area contributed by atoms with E-state index in [2.05, 4.69) is 4.98 Å². The molecule has 20 heavy (non-hydrogen) atoms. The maximum absolute atomic E-state index is 13.3. The van der Waals surface area contributed by atoms with E-state index in [1.54, 1.807) is 30.3 Å². The Balaban J connectivity index is 2.23. The summed E-state index contributed by atoms with van der Waals surface area (Å²) in [6.45, 7) is 0.449. The van der Waals surface area contributed by atoms with E-state index in [1.807, 2.05) is 18.2 Å². The molecule has 1 atom stereocenters. The molecule has 0 aliphatic rings. The van der Waals surface area contributed by atoms with E-state index >= 15 is 0 Å². The number of pyridine rings is 1. The first-order valence-corrected chi connectivity index (χ1v) is 6.23. The third-order valence-corrected chi connectivity index (χ3v) is 3.01. The highest BCUT2D eigenvalue weighted by molar-refractivity contribution is 5.81. The summed E-state index contributed by atoms with van der Waals surface area (Å²) >= 11 is 0. The molecular weight excluding hydrogens is 257 g/mol. The van der Waals surface area contributed by atoms with Crippen LogP contribution in [0.15, 0.2) is 48.7 Å². The van der Waals surface area contributed by atoms with Crippen molar-refractivity contribution in [3.05, 3.63) is 65.7 Å². The van der Waals surface area contributed by atoms with E-state index < -0.39 is 11.9 Å². The Morgan fingerprint density at radius 3 is 2.75 bits per heavy atom. The molecule has 2 N–H and O–H groups in total. The molecule has 0 aliphatic carbocycles.